The van der Waals surface area contributed by atoms with E-state index in [2.05, 4.69) is 6.92 Å². The summed E-state index contributed by atoms with van der Waals surface area (Å²) in [7, 11) is 0. The lowest BCUT2D eigenvalue weighted by atomic mass is 10.3. The van der Waals surface area contributed by atoms with Gasteiger partial charge in [-0.25, -0.2) is 0 Å². The average molecular weight is 184 g/mol. The van der Waals surface area contributed by atoms with Gasteiger partial charge in [0.2, 0.25) is 0 Å². The van der Waals surface area contributed by atoms with E-state index in [1.165, 1.54) is 0 Å². The third-order valence-electron chi connectivity index (χ3n) is 1.96. The molecule has 0 fully saturated rings. The molecule has 0 saturated heterocycles. The molecule has 0 amide bonds. The van der Waals surface area contributed by atoms with E-state index in [1.807, 2.05) is 13.0 Å². The second-order valence-corrected chi connectivity index (χ2v) is 3.06. The molecule has 74 valence electrons. The van der Waals surface area contributed by atoms with E-state index in [9.17, 15) is 0 Å². The lowest BCUT2D eigenvalue weighted by molar-refractivity contribution is 0.0394. The van der Waals surface area contributed by atoms with Gasteiger partial charge >= 0.3 is 0 Å². The molecule has 3 nitrogen and oxygen atoms in total. The summed E-state index contributed by atoms with van der Waals surface area (Å²) in [5.41, 5.74) is 0. The van der Waals surface area contributed by atoms with Gasteiger partial charge in [0.05, 0.1) is 6.10 Å². The van der Waals surface area contributed by atoms with Crippen LogP contribution in [0.1, 0.15) is 31.8 Å². The normalized spacial score (nSPS) is 13.2. The largest absolute Gasteiger partial charge is 0.461 e. The molecule has 1 aromatic rings. The molecule has 1 aromatic heterocycles. The summed E-state index contributed by atoms with van der Waals surface area (Å²) < 4.78 is 10.7. The molecule has 0 aliphatic rings. The Labute approximate surface area is 78.3 Å². The molecule has 1 atom stereocenters. The van der Waals surface area contributed by atoms with Crippen molar-refractivity contribution < 1.29 is 14.3 Å². The van der Waals surface area contributed by atoms with E-state index >= 15 is 0 Å². The maximum Gasteiger partial charge on any atom is 0.130 e. The van der Waals surface area contributed by atoms with Gasteiger partial charge in [-0.1, -0.05) is 6.92 Å². The van der Waals surface area contributed by atoms with Gasteiger partial charge in [0.1, 0.15) is 24.7 Å². The van der Waals surface area contributed by atoms with Gasteiger partial charge in [-0.15, -0.1) is 0 Å². The minimum atomic E-state index is -0.0523. The number of aliphatic hydroxyl groups is 1. The Kier molecular flexibility index (Phi) is 3.99. The summed E-state index contributed by atoms with van der Waals surface area (Å²) in [4.78, 5) is 0. The Hall–Kier alpha value is -0.800. The monoisotopic (exact) mass is 184 g/mol. The van der Waals surface area contributed by atoms with Gasteiger partial charge in [-0.05, 0) is 25.5 Å². The molecule has 0 bridgehead atoms. The molecule has 0 aliphatic carbocycles. The zero-order valence-electron chi connectivity index (χ0n) is 8.12. The fourth-order valence-electron chi connectivity index (χ4n) is 0.927. The zero-order chi connectivity index (χ0) is 9.68. The number of hydrogen-bond donors (Lipinski definition) is 1. The molecule has 0 spiro atoms. The number of hydrogen-bond acceptors (Lipinski definition) is 3. The highest BCUT2D eigenvalue weighted by atomic mass is 16.5. The SMILES string of the molecule is CCC(C)OCc1ccc(CO)o1. The molecular formula is C10H16O3. The van der Waals surface area contributed by atoms with Crippen molar-refractivity contribution in [3.05, 3.63) is 23.7 Å². The van der Waals surface area contributed by atoms with Crippen molar-refractivity contribution >= 4 is 0 Å². The third-order valence-corrected chi connectivity index (χ3v) is 1.96. The van der Waals surface area contributed by atoms with Crippen molar-refractivity contribution in [3.8, 4) is 0 Å². The van der Waals surface area contributed by atoms with E-state index in [0.717, 1.165) is 12.2 Å². The standard InChI is InChI=1S/C10H16O3/c1-3-8(2)12-7-10-5-4-9(6-11)13-10/h4-5,8,11H,3,6-7H2,1-2H3. The van der Waals surface area contributed by atoms with Crippen LogP contribution in [0.25, 0.3) is 0 Å². The third kappa shape index (κ3) is 3.20. The van der Waals surface area contributed by atoms with Crippen LogP contribution in [-0.4, -0.2) is 11.2 Å². The minimum Gasteiger partial charge on any atom is -0.461 e. The van der Waals surface area contributed by atoms with Gasteiger partial charge in [-0.2, -0.15) is 0 Å². The van der Waals surface area contributed by atoms with E-state index in [0.29, 0.717) is 12.4 Å². The number of rotatable bonds is 5. The first-order chi connectivity index (χ1) is 6.26. The topological polar surface area (TPSA) is 42.6 Å². The molecule has 1 unspecified atom stereocenters. The smallest absolute Gasteiger partial charge is 0.130 e. The van der Waals surface area contributed by atoms with Crippen LogP contribution in [0.4, 0.5) is 0 Å². The predicted octanol–water partition coefficient (Wildman–Crippen LogP) is 2.09. The molecule has 3 heteroatoms. The van der Waals surface area contributed by atoms with Crippen molar-refractivity contribution in [2.45, 2.75) is 39.6 Å². The van der Waals surface area contributed by atoms with E-state index in [1.54, 1.807) is 6.07 Å². The maximum absolute atomic E-state index is 8.74. The van der Waals surface area contributed by atoms with E-state index < -0.39 is 0 Å². The first kappa shape index (κ1) is 10.3. The maximum atomic E-state index is 8.74. The molecule has 1 rings (SSSR count). The molecule has 0 saturated carbocycles. The molecule has 1 N–H and O–H groups in total. The van der Waals surface area contributed by atoms with E-state index in [-0.39, 0.29) is 12.7 Å². The number of furan rings is 1. The summed E-state index contributed by atoms with van der Waals surface area (Å²) in [5.74, 6) is 1.35. The highest BCUT2D eigenvalue weighted by Gasteiger charge is 2.03. The molecule has 0 radical (unpaired) electrons. The van der Waals surface area contributed by atoms with Crippen LogP contribution in [0.5, 0.6) is 0 Å². The number of ether oxygens (including phenoxy) is 1. The first-order valence-electron chi connectivity index (χ1n) is 4.56. The van der Waals surface area contributed by atoms with Gasteiger partial charge in [0, 0.05) is 0 Å². The van der Waals surface area contributed by atoms with Gasteiger partial charge in [0.25, 0.3) is 0 Å². The predicted molar refractivity (Wildman–Crippen MR) is 49.2 cm³/mol. The molecule has 0 aromatic carbocycles. The highest BCUT2D eigenvalue weighted by molar-refractivity contribution is 5.05. The Bertz CT molecular complexity index is 242. The van der Waals surface area contributed by atoms with Crippen LogP contribution in [0.15, 0.2) is 16.5 Å². The fraction of sp³-hybridized carbons (Fsp3) is 0.600. The van der Waals surface area contributed by atoms with Crippen molar-refractivity contribution in [3.63, 3.8) is 0 Å². The Morgan fingerprint density at radius 3 is 2.69 bits per heavy atom. The van der Waals surface area contributed by atoms with Crippen molar-refractivity contribution in [1.29, 1.82) is 0 Å². The second-order valence-electron chi connectivity index (χ2n) is 3.06. The summed E-state index contributed by atoms with van der Waals surface area (Å²) >= 11 is 0. The Balaban J connectivity index is 2.36. The van der Waals surface area contributed by atoms with Crippen LogP contribution >= 0.6 is 0 Å². The Morgan fingerprint density at radius 1 is 1.46 bits per heavy atom. The van der Waals surface area contributed by atoms with Crippen LogP contribution in [0, 0.1) is 0 Å². The minimum absolute atomic E-state index is 0.0523. The summed E-state index contributed by atoms with van der Waals surface area (Å²) in [6, 6.07) is 3.59. The van der Waals surface area contributed by atoms with Crippen molar-refractivity contribution in [1.82, 2.24) is 0 Å². The van der Waals surface area contributed by atoms with Crippen molar-refractivity contribution in [2.24, 2.45) is 0 Å². The molecular weight excluding hydrogens is 168 g/mol. The van der Waals surface area contributed by atoms with Crippen molar-refractivity contribution in [2.75, 3.05) is 0 Å². The van der Waals surface area contributed by atoms with Crippen LogP contribution in [0.2, 0.25) is 0 Å². The van der Waals surface area contributed by atoms with Crippen LogP contribution in [-0.2, 0) is 18.0 Å². The number of aliphatic hydroxyl groups excluding tert-OH is 1. The first-order valence-corrected chi connectivity index (χ1v) is 4.56. The lowest BCUT2D eigenvalue weighted by Gasteiger charge is -2.08. The molecule has 13 heavy (non-hydrogen) atoms. The second kappa shape index (κ2) is 5.04. The lowest BCUT2D eigenvalue weighted by Crippen LogP contribution is -2.05. The van der Waals surface area contributed by atoms with Crippen LogP contribution in [0.3, 0.4) is 0 Å². The summed E-state index contributed by atoms with van der Waals surface area (Å²) in [5, 5.41) is 8.74. The van der Waals surface area contributed by atoms with Gasteiger partial charge < -0.3 is 14.3 Å². The van der Waals surface area contributed by atoms with Crippen LogP contribution < -0.4 is 0 Å². The van der Waals surface area contributed by atoms with Gasteiger partial charge in [-0.3, -0.25) is 0 Å². The Morgan fingerprint density at radius 2 is 2.15 bits per heavy atom. The zero-order valence-corrected chi connectivity index (χ0v) is 8.12. The highest BCUT2D eigenvalue weighted by Crippen LogP contribution is 2.10. The van der Waals surface area contributed by atoms with Gasteiger partial charge in [0.15, 0.2) is 0 Å². The molecule has 0 aliphatic heterocycles. The molecule has 1 heterocycles. The fourth-order valence-corrected chi connectivity index (χ4v) is 0.927. The average Bonchev–Trinajstić information content (AvgIpc) is 2.61. The summed E-state index contributed by atoms with van der Waals surface area (Å²) in [6.45, 7) is 4.53. The van der Waals surface area contributed by atoms with E-state index in [4.69, 9.17) is 14.3 Å². The quantitative estimate of drug-likeness (QED) is 0.761. The summed E-state index contributed by atoms with van der Waals surface area (Å²) in [6.07, 6.45) is 1.25.